The van der Waals surface area contributed by atoms with E-state index in [1.54, 1.807) is 0 Å². The van der Waals surface area contributed by atoms with Gasteiger partial charge in [-0.1, -0.05) is 35.9 Å². The summed E-state index contributed by atoms with van der Waals surface area (Å²) in [6.07, 6.45) is 3.73. The molecule has 0 aromatic heterocycles. The van der Waals surface area contributed by atoms with Crippen molar-refractivity contribution in [1.82, 2.24) is 4.90 Å². The van der Waals surface area contributed by atoms with Gasteiger partial charge in [0.05, 0.1) is 10.9 Å². The molecule has 2 aromatic rings. The molecule has 0 fully saturated rings. The Morgan fingerprint density at radius 2 is 1.59 bits per heavy atom. The summed E-state index contributed by atoms with van der Waals surface area (Å²) in [5, 5.41) is 9.35. The number of carboxylic acids is 1. The van der Waals surface area contributed by atoms with Crippen molar-refractivity contribution >= 4 is 33.5 Å². The van der Waals surface area contributed by atoms with Crippen molar-refractivity contribution in [3.63, 3.8) is 0 Å². The van der Waals surface area contributed by atoms with Gasteiger partial charge in [-0.25, -0.2) is 0 Å². The maximum absolute atomic E-state index is 13.3. The lowest BCUT2D eigenvalue weighted by Gasteiger charge is -2.44. The van der Waals surface area contributed by atoms with Crippen LogP contribution in [0.5, 0.6) is 5.75 Å². The lowest BCUT2D eigenvalue weighted by Crippen LogP contribution is -2.39. The zero-order chi connectivity index (χ0) is 26.1. The number of aryl methyl sites for hydroxylation is 1. The Kier molecular flexibility index (Phi) is 7.33. The standard InChI is InChI=1S/C30H30BrNO5/c1-18-8-10-19(11-9-18)17-37-26-13-12-20(16-21(26)31)28-29-22(4-2-6-24(29)33)32(15-14-27(35)36)23-5-3-7-25(34)30(23)28/h8-13,16,28H,2-7,14-15,17H2,1H3,(H,35,36). The van der Waals surface area contributed by atoms with E-state index in [0.29, 0.717) is 49.2 Å². The Balaban J connectivity index is 1.52. The molecule has 0 bridgehead atoms. The first kappa shape index (κ1) is 25.5. The number of allylic oxidation sites excluding steroid dienone is 4. The minimum absolute atomic E-state index is 0.0425. The van der Waals surface area contributed by atoms with Gasteiger partial charge < -0.3 is 14.7 Å². The van der Waals surface area contributed by atoms with Gasteiger partial charge in [0.2, 0.25) is 0 Å². The minimum atomic E-state index is -0.888. The molecule has 2 aromatic carbocycles. The lowest BCUT2D eigenvalue weighted by atomic mass is 9.71. The van der Waals surface area contributed by atoms with Gasteiger partial charge in [0.15, 0.2) is 11.6 Å². The van der Waals surface area contributed by atoms with Crippen LogP contribution in [0.3, 0.4) is 0 Å². The smallest absolute Gasteiger partial charge is 0.305 e. The summed E-state index contributed by atoms with van der Waals surface area (Å²) in [7, 11) is 0. The highest BCUT2D eigenvalue weighted by molar-refractivity contribution is 9.10. The fourth-order valence-electron chi connectivity index (χ4n) is 5.69. The van der Waals surface area contributed by atoms with Crippen LogP contribution in [0.1, 0.15) is 67.6 Å². The van der Waals surface area contributed by atoms with Crippen molar-refractivity contribution in [2.45, 2.75) is 64.4 Å². The second-order valence-corrected chi connectivity index (χ2v) is 10.8. The summed E-state index contributed by atoms with van der Waals surface area (Å²) >= 11 is 3.66. The van der Waals surface area contributed by atoms with Gasteiger partial charge >= 0.3 is 5.97 Å². The fourth-order valence-corrected chi connectivity index (χ4v) is 6.20. The van der Waals surface area contributed by atoms with E-state index in [4.69, 9.17) is 4.74 Å². The van der Waals surface area contributed by atoms with E-state index in [-0.39, 0.29) is 24.5 Å². The molecule has 2 aliphatic carbocycles. The van der Waals surface area contributed by atoms with Crippen molar-refractivity contribution in [3.8, 4) is 5.75 Å². The molecule has 192 valence electrons. The van der Waals surface area contributed by atoms with Gasteiger partial charge in [-0.05, 0) is 71.8 Å². The predicted octanol–water partition coefficient (Wildman–Crippen LogP) is 6.22. The number of benzene rings is 2. The number of aliphatic carboxylic acids is 1. The molecule has 1 aliphatic heterocycles. The van der Waals surface area contributed by atoms with Crippen molar-refractivity contribution in [2.24, 2.45) is 0 Å². The molecule has 0 atom stereocenters. The number of rotatable bonds is 7. The summed E-state index contributed by atoms with van der Waals surface area (Å²) in [5.41, 5.74) is 6.24. The van der Waals surface area contributed by atoms with Crippen LogP contribution in [-0.4, -0.2) is 34.1 Å². The average molecular weight is 564 g/mol. The van der Waals surface area contributed by atoms with Crippen molar-refractivity contribution < 1.29 is 24.2 Å². The van der Waals surface area contributed by atoms with E-state index in [1.165, 1.54) is 5.56 Å². The summed E-state index contributed by atoms with van der Waals surface area (Å²) in [6, 6.07) is 14.0. The summed E-state index contributed by atoms with van der Waals surface area (Å²) in [5.74, 6) is -0.536. The Bertz CT molecular complexity index is 1280. The highest BCUT2D eigenvalue weighted by Crippen LogP contribution is 2.49. The summed E-state index contributed by atoms with van der Waals surface area (Å²) < 4.78 is 6.83. The van der Waals surface area contributed by atoms with Crippen molar-refractivity contribution in [3.05, 3.63) is 86.2 Å². The van der Waals surface area contributed by atoms with E-state index in [0.717, 1.165) is 39.8 Å². The topological polar surface area (TPSA) is 83.9 Å². The van der Waals surface area contributed by atoms with E-state index >= 15 is 0 Å². The Morgan fingerprint density at radius 1 is 0.973 bits per heavy atom. The maximum atomic E-state index is 13.3. The quantitative estimate of drug-likeness (QED) is 0.430. The number of hydrogen-bond donors (Lipinski definition) is 1. The molecular weight excluding hydrogens is 534 g/mol. The molecule has 0 amide bonds. The van der Waals surface area contributed by atoms with Gasteiger partial charge in [0.1, 0.15) is 12.4 Å². The molecule has 1 N–H and O–H groups in total. The van der Waals surface area contributed by atoms with Crippen LogP contribution in [0, 0.1) is 6.92 Å². The molecule has 7 heteroatoms. The zero-order valence-electron chi connectivity index (χ0n) is 20.9. The zero-order valence-corrected chi connectivity index (χ0v) is 22.5. The van der Waals surface area contributed by atoms with E-state index < -0.39 is 11.9 Å². The van der Waals surface area contributed by atoms with E-state index in [1.807, 2.05) is 42.2 Å². The molecule has 0 spiro atoms. The number of nitrogens with zero attached hydrogens (tertiary/aromatic N) is 1. The number of Topliss-reactive ketones (excluding diaryl/α,β-unsaturated/α-hetero) is 2. The predicted molar refractivity (Wildman–Crippen MR) is 143 cm³/mol. The van der Waals surface area contributed by atoms with Crippen molar-refractivity contribution in [2.75, 3.05) is 6.54 Å². The van der Waals surface area contributed by atoms with Crippen LogP contribution in [0.4, 0.5) is 0 Å². The number of carboxylic acid groups (broad SMARTS) is 1. The third-order valence-electron chi connectivity index (χ3n) is 7.44. The largest absolute Gasteiger partial charge is 0.488 e. The minimum Gasteiger partial charge on any atom is -0.488 e. The number of carbonyl (C=O) groups is 3. The van der Waals surface area contributed by atoms with E-state index in [9.17, 15) is 19.5 Å². The van der Waals surface area contributed by atoms with Gasteiger partial charge in [-0.2, -0.15) is 0 Å². The van der Waals surface area contributed by atoms with E-state index in [2.05, 4.69) is 28.1 Å². The number of ether oxygens (including phenoxy) is 1. The number of hydrogen-bond acceptors (Lipinski definition) is 5. The number of carbonyl (C=O) groups excluding carboxylic acids is 2. The maximum Gasteiger partial charge on any atom is 0.305 e. The van der Waals surface area contributed by atoms with Crippen LogP contribution >= 0.6 is 15.9 Å². The van der Waals surface area contributed by atoms with Crippen molar-refractivity contribution in [1.29, 1.82) is 0 Å². The summed E-state index contributed by atoms with van der Waals surface area (Å²) in [4.78, 5) is 40.1. The first-order valence-electron chi connectivity index (χ1n) is 12.8. The fraction of sp³-hybridized carbons (Fsp3) is 0.367. The number of halogens is 1. The highest BCUT2D eigenvalue weighted by atomic mass is 79.9. The van der Waals surface area contributed by atoms with Crippen LogP contribution in [0.15, 0.2) is 69.5 Å². The molecule has 0 saturated heterocycles. The molecule has 5 rings (SSSR count). The molecule has 3 aliphatic rings. The normalized spacial score (nSPS) is 18.2. The van der Waals surface area contributed by atoms with Crippen LogP contribution < -0.4 is 4.74 Å². The van der Waals surface area contributed by atoms with Gasteiger partial charge in [0.25, 0.3) is 0 Å². The monoisotopic (exact) mass is 563 g/mol. The van der Waals surface area contributed by atoms with Gasteiger partial charge in [0, 0.05) is 47.8 Å². The third kappa shape index (κ3) is 5.14. The SMILES string of the molecule is Cc1ccc(COc2ccc(C3C4=C(CCCC4=O)N(CCC(=O)O)C4=C3C(=O)CCC4)cc2Br)cc1. The molecule has 0 unspecified atom stereocenters. The number of ketones is 2. The lowest BCUT2D eigenvalue weighted by molar-refractivity contribution is -0.137. The van der Waals surface area contributed by atoms with Crippen LogP contribution in [0.2, 0.25) is 0 Å². The summed E-state index contributed by atoms with van der Waals surface area (Å²) in [6.45, 7) is 2.75. The van der Waals surface area contributed by atoms with Crippen LogP contribution in [-0.2, 0) is 21.0 Å². The Labute approximate surface area is 225 Å². The molecule has 37 heavy (non-hydrogen) atoms. The van der Waals surface area contributed by atoms with Gasteiger partial charge in [-0.3, -0.25) is 14.4 Å². The molecule has 1 heterocycles. The molecule has 6 nitrogen and oxygen atoms in total. The first-order valence-corrected chi connectivity index (χ1v) is 13.6. The second-order valence-electron chi connectivity index (χ2n) is 9.97. The Hall–Kier alpha value is -3.19. The molecular formula is C30H30BrNO5. The van der Waals surface area contributed by atoms with Crippen LogP contribution in [0.25, 0.3) is 0 Å². The van der Waals surface area contributed by atoms with Gasteiger partial charge in [-0.15, -0.1) is 0 Å². The third-order valence-corrected chi connectivity index (χ3v) is 8.06. The second kappa shape index (κ2) is 10.7. The Morgan fingerprint density at radius 3 is 2.16 bits per heavy atom. The average Bonchev–Trinajstić information content (AvgIpc) is 2.87. The molecule has 0 saturated carbocycles. The molecule has 0 radical (unpaired) electrons. The first-order chi connectivity index (χ1) is 17.8. The highest BCUT2D eigenvalue weighted by Gasteiger charge is 2.43.